The molecule has 2 aromatic rings. The third kappa shape index (κ3) is 2.66. The van der Waals surface area contributed by atoms with Crippen molar-refractivity contribution >= 4 is 29.4 Å². The molecule has 2 amide bonds. The SMILES string of the molecule is O=C(ON1C(=O)c2ccccc2C1=O)c1cc(Cl)c2c(c1)OCCCO2. The number of carbonyl (C=O) groups excluding carboxylic acids is 3. The van der Waals surface area contributed by atoms with Gasteiger partial charge < -0.3 is 14.3 Å². The van der Waals surface area contributed by atoms with E-state index in [2.05, 4.69) is 0 Å². The monoisotopic (exact) mass is 373 g/mol. The third-order valence-corrected chi connectivity index (χ3v) is 4.25. The second-order valence-electron chi connectivity index (χ2n) is 5.66. The second kappa shape index (κ2) is 6.34. The number of hydroxylamine groups is 2. The van der Waals surface area contributed by atoms with Crippen LogP contribution in [-0.2, 0) is 4.84 Å². The number of ether oxygens (including phenoxy) is 2. The zero-order valence-corrected chi connectivity index (χ0v) is 14.1. The Bertz CT molecular complexity index is 906. The fraction of sp³-hybridized carbons (Fsp3) is 0.167. The van der Waals surface area contributed by atoms with E-state index in [1.54, 1.807) is 12.1 Å². The Morgan fingerprint density at radius 2 is 1.69 bits per heavy atom. The van der Waals surface area contributed by atoms with Gasteiger partial charge in [-0.3, -0.25) is 9.59 Å². The van der Waals surface area contributed by atoms with Crippen molar-refractivity contribution in [2.45, 2.75) is 6.42 Å². The molecule has 8 heteroatoms. The van der Waals surface area contributed by atoms with Crippen LogP contribution in [-0.4, -0.2) is 36.1 Å². The molecule has 0 spiro atoms. The molecular weight excluding hydrogens is 362 g/mol. The first-order valence-electron chi connectivity index (χ1n) is 7.85. The molecular formula is C18H12ClNO6. The molecule has 0 unspecified atom stereocenters. The molecule has 7 nitrogen and oxygen atoms in total. The smallest absolute Gasteiger partial charge is 0.364 e. The predicted molar refractivity (Wildman–Crippen MR) is 89.4 cm³/mol. The number of imide groups is 1. The highest BCUT2D eigenvalue weighted by Crippen LogP contribution is 2.38. The fourth-order valence-corrected chi connectivity index (χ4v) is 3.00. The number of hydrogen-bond acceptors (Lipinski definition) is 6. The lowest BCUT2D eigenvalue weighted by Gasteiger charge is -2.14. The quantitative estimate of drug-likeness (QED) is 0.753. The molecule has 2 aliphatic heterocycles. The molecule has 2 aromatic carbocycles. The van der Waals surface area contributed by atoms with E-state index >= 15 is 0 Å². The molecule has 0 fully saturated rings. The maximum absolute atomic E-state index is 12.4. The highest BCUT2D eigenvalue weighted by atomic mass is 35.5. The average Bonchev–Trinajstić information content (AvgIpc) is 2.82. The van der Waals surface area contributed by atoms with Crippen molar-refractivity contribution in [1.29, 1.82) is 0 Å². The molecule has 0 N–H and O–H groups in total. The standard InChI is InChI=1S/C18H12ClNO6/c19-13-8-10(9-14-15(13)25-7-3-6-24-14)18(23)26-20-16(21)11-4-1-2-5-12(11)17(20)22/h1-2,4-5,8-9H,3,6-7H2. The Labute approximate surface area is 153 Å². The molecule has 2 heterocycles. The summed E-state index contributed by atoms with van der Waals surface area (Å²) in [4.78, 5) is 42.0. The van der Waals surface area contributed by atoms with Gasteiger partial charge in [-0.15, -0.1) is 0 Å². The van der Waals surface area contributed by atoms with Gasteiger partial charge in [-0.05, 0) is 24.3 Å². The number of carbonyl (C=O) groups is 3. The van der Waals surface area contributed by atoms with Crippen molar-refractivity contribution in [2.24, 2.45) is 0 Å². The van der Waals surface area contributed by atoms with Gasteiger partial charge in [-0.2, -0.15) is 0 Å². The molecule has 132 valence electrons. The Kier molecular flexibility index (Phi) is 4.00. The lowest BCUT2D eigenvalue weighted by Crippen LogP contribution is -2.32. The molecule has 4 rings (SSSR count). The van der Waals surface area contributed by atoms with E-state index in [4.69, 9.17) is 25.9 Å². The number of hydrogen-bond donors (Lipinski definition) is 0. The van der Waals surface area contributed by atoms with Crippen molar-refractivity contribution in [1.82, 2.24) is 5.06 Å². The van der Waals surface area contributed by atoms with E-state index in [9.17, 15) is 14.4 Å². The van der Waals surface area contributed by atoms with Crippen molar-refractivity contribution in [3.05, 3.63) is 58.1 Å². The number of benzene rings is 2. The average molecular weight is 374 g/mol. The van der Waals surface area contributed by atoms with Crippen molar-refractivity contribution in [3.63, 3.8) is 0 Å². The Balaban J connectivity index is 1.60. The molecule has 26 heavy (non-hydrogen) atoms. The van der Waals surface area contributed by atoms with Gasteiger partial charge in [0.05, 0.1) is 34.9 Å². The fourth-order valence-electron chi connectivity index (χ4n) is 2.73. The van der Waals surface area contributed by atoms with Crippen LogP contribution in [0.15, 0.2) is 36.4 Å². The van der Waals surface area contributed by atoms with Gasteiger partial charge in [0.25, 0.3) is 11.8 Å². The summed E-state index contributed by atoms with van der Waals surface area (Å²) in [5.41, 5.74) is 0.403. The van der Waals surface area contributed by atoms with Crippen LogP contribution in [0.3, 0.4) is 0 Å². The first-order valence-corrected chi connectivity index (χ1v) is 8.23. The van der Waals surface area contributed by atoms with Crippen LogP contribution in [0.5, 0.6) is 11.5 Å². The lowest BCUT2D eigenvalue weighted by molar-refractivity contribution is -0.0584. The van der Waals surface area contributed by atoms with Crippen LogP contribution in [0, 0.1) is 0 Å². The first-order chi connectivity index (χ1) is 12.6. The minimum atomic E-state index is -0.906. The van der Waals surface area contributed by atoms with E-state index in [0.29, 0.717) is 36.2 Å². The zero-order valence-electron chi connectivity index (χ0n) is 13.4. The van der Waals surface area contributed by atoms with Crippen LogP contribution in [0.1, 0.15) is 37.5 Å². The molecule has 0 saturated carbocycles. The molecule has 0 atom stereocenters. The third-order valence-electron chi connectivity index (χ3n) is 3.97. The minimum Gasteiger partial charge on any atom is -0.489 e. The van der Waals surface area contributed by atoms with Gasteiger partial charge in [0.1, 0.15) is 0 Å². The lowest BCUT2D eigenvalue weighted by atomic mass is 10.1. The van der Waals surface area contributed by atoms with E-state index in [1.165, 1.54) is 24.3 Å². The summed E-state index contributed by atoms with van der Waals surface area (Å²) in [7, 11) is 0. The maximum Gasteiger partial charge on any atom is 0.364 e. The van der Waals surface area contributed by atoms with Gasteiger partial charge in [0.2, 0.25) is 0 Å². The second-order valence-corrected chi connectivity index (χ2v) is 6.07. The molecule has 0 radical (unpaired) electrons. The summed E-state index contributed by atoms with van der Waals surface area (Å²) >= 11 is 6.15. The Morgan fingerprint density at radius 3 is 2.38 bits per heavy atom. The molecule has 0 saturated heterocycles. The molecule has 2 aliphatic rings. The molecule has 0 bridgehead atoms. The van der Waals surface area contributed by atoms with Crippen LogP contribution in [0.4, 0.5) is 0 Å². The van der Waals surface area contributed by atoms with E-state index in [1.807, 2.05) is 0 Å². The van der Waals surface area contributed by atoms with Gasteiger partial charge >= 0.3 is 5.97 Å². The predicted octanol–water partition coefficient (Wildman–Crippen LogP) is 2.87. The maximum atomic E-state index is 12.4. The Hall–Kier alpha value is -3.06. The number of rotatable bonds is 2. The summed E-state index contributed by atoms with van der Waals surface area (Å²) < 4.78 is 11.0. The number of fused-ring (bicyclic) bond motifs is 2. The Morgan fingerprint density at radius 1 is 1.04 bits per heavy atom. The van der Waals surface area contributed by atoms with E-state index < -0.39 is 17.8 Å². The van der Waals surface area contributed by atoms with Gasteiger partial charge in [-0.25, -0.2) is 4.79 Å². The van der Waals surface area contributed by atoms with Crippen LogP contribution in [0.25, 0.3) is 0 Å². The van der Waals surface area contributed by atoms with Crippen molar-refractivity contribution < 1.29 is 28.7 Å². The highest BCUT2D eigenvalue weighted by Gasteiger charge is 2.39. The topological polar surface area (TPSA) is 82.1 Å². The van der Waals surface area contributed by atoms with Crippen molar-refractivity contribution in [3.8, 4) is 11.5 Å². The minimum absolute atomic E-state index is 0.0378. The zero-order chi connectivity index (χ0) is 18.3. The molecule has 0 aromatic heterocycles. The van der Waals surface area contributed by atoms with Gasteiger partial charge in [0.15, 0.2) is 11.5 Å². The van der Waals surface area contributed by atoms with Crippen LogP contribution < -0.4 is 9.47 Å². The first kappa shape index (κ1) is 16.4. The number of halogens is 1. The van der Waals surface area contributed by atoms with Crippen molar-refractivity contribution in [2.75, 3.05) is 13.2 Å². The number of amides is 2. The van der Waals surface area contributed by atoms with E-state index in [-0.39, 0.29) is 21.7 Å². The summed E-state index contributed by atoms with van der Waals surface area (Å²) in [6.07, 6.45) is 0.680. The summed E-state index contributed by atoms with van der Waals surface area (Å²) in [6.45, 7) is 0.867. The summed E-state index contributed by atoms with van der Waals surface area (Å²) in [5, 5.41) is 0.628. The van der Waals surface area contributed by atoms with Gasteiger partial charge in [0, 0.05) is 6.42 Å². The van der Waals surface area contributed by atoms with Gasteiger partial charge in [-0.1, -0.05) is 28.8 Å². The van der Waals surface area contributed by atoms with Crippen LogP contribution in [0.2, 0.25) is 5.02 Å². The summed E-state index contributed by atoms with van der Waals surface area (Å²) in [5.74, 6) is -1.64. The normalized spacial score (nSPS) is 15.5. The highest BCUT2D eigenvalue weighted by molar-refractivity contribution is 6.32. The van der Waals surface area contributed by atoms with E-state index in [0.717, 1.165) is 0 Å². The molecule has 0 aliphatic carbocycles. The largest absolute Gasteiger partial charge is 0.489 e. The summed E-state index contributed by atoms with van der Waals surface area (Å²) in [6, 6.07) is 8.99. The van der Waals surface area contributed by atoms with Crippen LogP contribution >= 0.6 is 11.6 Å². The number of nitrogens with zero attached hydrogens (tertiary/aromatic N) is 1.